The summed E-state index contributed by atoms with van der Waals surface area (Å²) in [5.41, 5.74) is 10.4. The predicted molar refractivity (Wildman–Crippen MR) is 85.8 cm³/mol. The topological polar surface area (TPSA) is 44.5 Å². The first kappa shape index (κ1) is 15.4. The Morgan fingerprint density at radius 2 is 1.67 bits per heavy atom. The first-order chi connectivity index (χ1) is 10.2. The summed E-state index contributed by atoms with van der Waals surface area (Å²) in [6.07, 6.45) is 0. The number of benzene rings is 2. The predicted octanol–water partition coefficient (Wildman–Crippen LogP) is 3.74. The van der Waals surface area contributed by atoms with Gasteiger partial charge in [-0.05, 0) is 55.2 Å². The Balaban J connectivity index is 2.19. The molecule has 21 heavy (non-hydrogen) atoms. The summed E-state index contributed by atoms with van der Waals surface area (Å²) in [5.74, 6) is 1.52. The minimum absolute atomic E-state index is 0.497. The van der Waals surface area contributed by atoms with Gasteiger partial charge in [0.1, 0.15) is 6.61 Å². The van der Waals surface area contributed by atoms with E-state index in [0.717, 1.165) is 17.1 Å². The summed E-state index contributed by atoms with van der Waals surface area (Å²) >= 11 is 0. The molecular weight excluding hydrogens is 262 g/mol. The number of rotatable bonds is 6. The van der Waals surface area contributed by atoms with Crippen LogP contribution in [0, 0.1) is 13.8 Å². The van der Waals surface area contributed by atoms with Crippen molar-refractivity contribution in [1.82, 2.24) is 0 Å². The van der Waals surface area contributed by atoms with Gasteiger partial charge < -0.3 is 15.2 Å². The van der Waals surface area contributed by atoms with Crippen LogP contribution in [0.4, 0.5) is 0 Å². The SMILES string of the molecule is CCOc1cc(CN)ccc1OCc1c(C)cccc1C. The average molecular weight is 285 g/mol. The van der Waals surface area contributed by atoms with Crippen LogP contribution < -0.4 is 15.2 Å². The molecule has 3 nitrogen and oxygen atoms in total. The van der Waals surface area contributed by atoms with Crippen molar-refractivity contribution in [2.24, 2.45) is 5.73 Å². The van der Waals surface area contributed by atoms with Gasteiger partial charge in [-0.1, -0.05) is 24.3 Å². The molecular formula is C18H23NO2. The maximum atomic E-state index is 5.97. The minimum atomic E-state index is 0.497. The molecule has 0 aromatic heterocycles. The number of ether oxygens (including phenoxy) is 2. The van der Waals surface area contributed by atoms with Crippen LogP contribution >= 0.6 is 0 Å². The largest absolute Gasteiger partial charge is 0.490 e. The highest BCUT2D eigenvalue weighted by Gasteiger charge is 2.08. The Morgan fingerprint density at radius 3 is 2.29 bits per heavy atom. The molecule has 0 heterocycles. The highest BCUT2D eigenvalue weighted by Crippen LogP contribution is 2.29. The van der Waals surface area contributed by atoms with Crippen LogP contribution in [0.3, 0.4) is 0 Å². The van der Waals surface area contributed by atoms with Gasteiger partial charge in [0.2, 0.25) is 0 Å². The first-order valence-corrected chi connectivity index (χ1v) is 7.29. The second kappa shape index (κ2) is 7.14. The number of nitrogens with two attached hydrogens (primary N) is 1. The van der Waals surface area contributed by atoms with Crippen molar-refractivity contribution in [3.05, 3.63) is 58.7 Å². The highest BCUT2D eigenvalue weighted by molar-refractivity contribution is 5.43. The molecule has 0 unspecified atom stereocenters. The molecule has 0 fully saturated rings. The summed E-state index contributed by atoms with van der Waals surface area (Å²) in [7, 11) is 0. The van der Waals surface area contributed by atoms with Gasteiger partial charge >= 0.3 is 0 Å². The Kier molecular flexibility index (Phi) is 5.23. The van der Waals surface area contributed by atoms with Gasteiger partial charge in [0, 0.05) is 6.54 Å². The second-order valence-corrected chi connectivity index (χ2v) is 5.08. The van der Waals surface area contributed by atoms with Crippen LogP contribution in [0.2, 0.25) is 0 Å². The summed E-state index contributed by atoms with van der Waals surface area (Å²) < 4.78 is 11.6. The Morgan fingerprint density at radius 1 is 0.952 bits per heavy atom. The smallest absolute Gasteiger partial charge is 0.161 e. The fraction of sp³-hybridized carbons (Fsp3) is 0.333. The third kappa shape index (κ3) is 3.76. The molecule has 0 saturated carbocycles. The van der Waals surface area contributed by atoms with E-state index < -0.39 is 0 Å². The van der Waals surface area contributed by atoms with Crippen molar-refractivity contribution >= 4 is 0 Å². The van der Waals surface area contributed by atoms with E-state index in [9.17, 15) is 0 Å². The van der Waals surface area contributed by atoms with Crippen molar-refractivity contribution in [1.29, 1.82) is 0 Å². The zero-order valence-corrected chi connectivity index (χ0v) is 13.0. The lowest BCUT2D eigenvalue weighted by Gasteiger charge is -2.15. The molecule has 2 N–H and O–H groups in total. The minimum Gasteiger partial charge on any atom is -0.490 e. The van der Waals surface area contributed by atoms with Crippen molar-refractivity contribution in [3.63, 3.8) is 0 Å². The van der Waals surface area contributed by atoms with Crippen LogP contribution in [0.1, 0.15) is 29.2 Å². The van der Waals surface area contributed by atoms with Gasteiger partial charge in [-0.3, -0.25) is 0 Å². The molecule has 0 saturated heterocycles. The molecule has 2 aromatic carbocycles. The summed E-state index contributed by atoms with van der Waals surface area (Å²) in [5, 5.41) is 0. The molecule has 0 atom stereocenters. The summed E-state index contributed by atoms with van der Waals surface area (Å²) in [6.45, 7) is 7.81. The van der Waals surface area contributed by atoms with Crippen LogP contribution in [0.5, 0.6) is 11.5 Å². The maximum absolute atomic E-state index is 5.97. The summed E-state index contributed by atoms with van der Waals surface area (Å²) in [4.78, 5) is 0. The maximum Gasteiger partial charge on any atom is 0.161 e. The fourth-order valence-electron chi connectivity index (χ4n) is 2.29. The van der Waals surface area contributed by atoms with E-state index in [0.29, 0.717) is 19.8 Å². The van der Waals surface area contributed by atoms with Gasteiger partial charge in [0.25, 0.3) is 0 Å². The van der Waals surface area contributed by atoms with Gasteiger partial charge in [-0.2, -0.15) is 0 Å². The quantitative estimate of drug-likeness (QED) is 0.879. The first-order valence-electron chi connectivity index (χ1n) is 7.29. The lowest BCUT2D eigenvalue weighted by Crippen LogP contribution is -2.04. The highest BCUT2D eigenvalue weighted by atomic mass is 16.5. The number of hydrogen-bond acceptors (Lipinski definition) is 3. The van der Waals surface area contributed by atoms with Gasteiger partial charge in [0.05, 0.1) is 6.61 Å². The number of hydrogen-bond donors (Lipinski definition) is 1. The Bertz CT molecular complexity index is 588. The molecule has 2 aromatic rings. The van der Waals surface area contributed by atoms with Crippen molar-refractivity contribution in [2.45, 2.75) is 33.9 Å². The summed E-state index contributed by atoms with van der Waals surface area (Å²) in [6, 6.07) is 12.1. The normalized spacial score (nSPS) is 10.5. The fourth-order valence-corrected chi connectivity index (χ4v) is 2.29. The third-order valence-corrected chi connectivity index (χ3v) is 3.56. The third-order valence-electron chi connectivity index (χ3n) is 3.56. The van der Waals surface area contributed by atoms with E-state index in [1.807, 2.05) is 25.1 Å². The van der Waals surface area contributed by atoms with E-state index in [-0.39, 0.29) is 0 Å². The van der Waals surface area contributed by atoms with Gasteiger partial charge in [-0.25, -0.2) is 0 Å². The molecule has 2 rings (SSSR count). The molecule has 0 spiro atoms. The van der Waals surface area contributed by atoms with E-state index >= 15 is 0 Å². The van der Waals surface area contributed by atoms with E-state index in [4.69, 9.17) is 15.2 Å². The molecule has 0 aliphatic carbocycles. The zero-order chi connectivity index (χ0) is 15.2. The van der Waals surface area contributed by atoms with Gasteiger partial charge in [-0.15, -0.1) is 0 Å². The van der Waals surface area contributed by atoms with Crippen LogP contribution in [-0.4, -0.2) is 6.61 Å². The molecule has 0 aliphatic heterocycles. The molecule has 3 heteroatoms. The van der Waals surface area contributed by atoms with E-state index in [1.165, 1.54) is 16.7 Å². The monoisotopic (exact) mass is 285 g/mol. The standard InChI is InChI=1S/C18H23NO2/c1-4-20-18-10-15(11-19)8-9-17(18)21-12-16-13(2)6-5-7-14(16)3/h5-10H,4,11-12,19H2,1-3H3. The Labute approximate surface area is 126 Å². The second-order valence-electron chi connectivity index (χ2n) is 5.08. The molecule has 0 radical (unpaired) electrons. The van der Waals surface area contributed by atoms with Crippen molar-refractivity contribution < 1.29 is 9.47 Å². The Hall–Kier alpha value is -2.00. The van der Waals surface area contributed by atoms with Crippen molar-refractivity contribution in [2.75, 3.05) is 6.61 Å². The molecule has 0 aliphatic rings. The van der Waals surface area contributed by atoms with Crippen LogP contribution in [-0.2, 0) is 13.2 Å². The van der Waals surface area contributed by atoms with E-state index in [2.05, 4.69) is 32.0 Å². The molecule has 112 valence electrons. The van der Waals surface area contributed by atoms with Crippen LogP contribution in [0.15, 0.2) is 36.4 Å². The van der Waals surface area contributed by atoms with E-state index in [1.54, 1.807) is 0 Å². The number of aryl methyl sites for hydroxylation is 2. The lowest BCUT2D eigenvalue weighted by atomic mass is 10.0. The zero-order valence-electron chi connectivity index (χ0n) is 13.0. The van der Waals surface area contributed by atoms with Crippen molar-refractivity contribution in [3.8, 4) is 11.5 Å². The average Bonchev–Trinajstić information content (AvgIpc) is 2.48. The molecule has 0 bridgehead atoms. The van der Waals surface area contributed by atoms with Crippen LogP contribution in [0.25, 0.3) is 0 Å². The lowest BCUT2D eigenvalue weighted by molar-refractivity contribution is 0.268. The van der Waals surface area contributed by atoms with Gasteiger partial charge in [0.15, 0.2) is 11.5 Å². The molecule has 0 amide bonds.